The van der Waals surface area contributed by atoms with Crippen molar-refractivity contribution < 1.29 is 52.5 Å². The largest absolute Gasteiger partial charge is 0.496 e. The Balaban J connectivity index is 0.000000128. The van der Waals surface area contributed by atoms with Crippen molar-refractivity contribution in [3.05, 3.63) is 136 Å². The highest BCUT2D eigenvalue weighted by molar-refractivity contribution is 6.28. The van der Waals surface area contributed by atoms with E-state index in [-0.39, 0.29) is 72.9 Å². The van der Waals surface area contributed by atoms with Crippen molar-refractivity contribution in [3.8, 4) is 17.2 Å². The van der Waals surface area contributed by atoms with Crippen molar-refractivity contribution in [2.24, 2.45) is 0 Å². The first-order valence-corrected chi connectivity index (χ1v) is 32.4. The van der Waals surface area contributed by atoms with Crippen LogP contribution in [0.3, 0.4) is 0 Å². The van der Waals surface area contributed by atoms with E-state index in [0.717, 1.165) is 135 Å². The number of carbonyl (C=O) groups excluding carboxylic acids is 7. The van der Waals surface area contributed by atoms with Crippen LogP contribution in [0.2, 0.25) is 0 Å². The molecule has 0 atom stereocenters. The number of rotatable bonds is 12. The second kappa shape index (κ2) is 26.2. The standard InChI is InChI=1S/C25H27NO6.C24H27NO3.C24H27NO2/c1-15(2)25(29)32-14-13-31-20-12-10-18-21-17(9-11-19(30-3)22(20)21)23(27)26(24(18)28)16-7-5-4-6-8-16;26-23-19-13-7-12-18-21(28-17-10-5-2-6-11-17)15-14-20(22(18)19)24(27)25(23)16-8-3-1-4-9-16;26-23-20-13-7-12-19-18(16-8-3-1-4-9-16)14-15-21(22(19)20)24(27)25(23)17-10-5-2-6-11-17/h9-12,16H,1,4-8,13-14H2,2-3H3;7,12-17H,1-6,8-11H2;7,12-17H,1-6,8-11H2. The fraction of sp³-hybridized carbons (Fsp3) is 0.466. The van der Waals surface area contributed by atoms with E-state index in [4.69, 9.17) is 18.9 Å². The number of methoxy groups -OCH3 is 1. The summed E-state index contributed by atoms with van der Waals surface area (Å²) in [5.41, 5.74) is 5.34. The third-order valence-corrected chi connectivity index (χ3v) is 19.7. The lowest BCUT2D eigenvalue weighted by Gasteiger charge is -2.36. The summed E-state index contributed by atoms with van der Waals surface area (Å²) in [6, 6.07) is 26.7. The van der Waals surface area contributed by atoms with Crippen LogP contribution in [0.15, 0.2) is 97.1 Å². The fourth-order valence-electron chi connectivity index (χ4n) is 15.3. The average molecular weight is 1180 g/mol. The number of benzene rings is 6. The van der Waals surface area contributed by atoms with E-state index in [0.29, 0.717) is 56.0 Å². The zero-order valence-electron chi connectivity index (χ0n) is 50.6. The first-order chi connectivity index (χ1) is 42.4. The molecule has 3 heterocycles. The van der Waals surface area contributed by atoms with Crippen LogP contribution in [-0.2, 0) is 9.53 Å². The number of hydrogen-bond acceptors (Lipinski definition) is 11. The molecule has 6 aromatic carbocycles. The van der Waals surface area contributed by atoms with Crippen molar-refractivity contribution in [2.75, 3.05) is 20.3 Å². The van der Waals surface area contributed by atoms with Crippen LogP contribution in [0.25, 0.3) is 32.3 Å². The third-order valence-electron chi connectivity index (χ3n) is 19.7. The van der Waals surface area contributed by atoms with Crippen LogP contribution in [0.1, 0.15) is 241 Å². The van der Waals surface area contributed by atoms with Crippen LogP contribution in [0.4, 0.5) is 0 Å². The molecule has 14 nitrogen and oxygen atoms in total. The Morgan fingerprint density at radius 2 is 0.816 bits per heavy atom. The van der Waals surface area contributed by atoms with Crippen LogP contribution >= 0.6 is 0 Å². The second-order valence-electron chi connectivity index (χ2n) is 25.2. The molecule has 8 aliphatic rings. The van der Waals surface area contributed by atoms with Gasteiger partial charge in [-0.25, -0.2) is 4.79 Å². The SMILES string of the molecule is C=C(C)C(=O)OCCOc1ccc2c3c(ccc(OC)c13)C(=O)N(C1CCCCC1)C2=O.O=C1c2cccc3c(C4CCCCC4)ccc(c23)C(=O)N1C1CCCCC1.O=C1c2cccc3c(OC4CCCCC4)ccc(c23)C(=O)N1C1CCCCC1. The number of nitrogens with zero attached hydrogens (tertiary/aromatic N) is 3. The molecule has 14 heteroatoms. The molecule has 0 radical (unpaired) electrons. The van der Waals surface area contributed by atoms with Gasteiger partial charge >= 0.3 is 5.97 Å². The monoisotopic (exact) mass is 1180 g/mol. The topological polar surface area (TPSA) is 166 Å². The van der Waals surface area contributed by atoms with E-state index in [1.54, 1.807) is 36.1 Å². The molecule has 87 heavy (non-hydrogen) atoms. The van der Waals surface area contributed by atoms with Gasteiger partial charge in [0.25, 0.3) is 35.4 Å². The maximum atomic E-state index is 13.4. The van der Waals surface area contributed by atoms with Gasteiger partial charge in [-0.3, -0.25) is 43.5 Å². The average Bonchev–Trinajstić information content (AvgIpc) is 0.823. The van der Waals surface area contributed by atoms with E-state index in [9.17, 15) is 33.6 Å². The minimum atomic E-state index is -0.484. The van der Waals surface area contributed by atoms with Crippen molar-refractivity contribution in [1.82, 2.24) is 14.7 Å². The summed E-state index contributed by atoms with van der Waals surface area (Å²) in [6.45, 7) is 5.27. The van der Waals surface area contributed by atoms with Crippen molar-refractivity contribution in [3.63, 3.8) is 0 Å². The minimum Gasteiger partial charge on any atom is -0.496 e. The Bertz CT molecular complexity index is 3620. The van der Waals surface area contributed by atoms with Gasteiger partial charge < -0.3 is 18.9 Å². The maximum absolute atomic E-state index is 13.4. The molecule has 6 amide bonds. The quantitative estimate of drug-likeness (QED) is 0.0495. The number of carbonyl (C=O) groups is 7. The second-order valence-corrected chi connectivity index (χ2v) is 25.2. The molecule has 0 unspecified atom stereocenters. The summed E-state index contributed by atoms with van der Waals surface area (Å²) >= 11 is 0. The van der Waals surface area contributed by atoms with Crippen molar-refractivity contribution in [2.45, 2.75) is 198 Å². The number of hydrogen-bond donors (Lipinski definition) is 0. The molecule has 0 N–H and O–H groups in total. The normalized spacial score (nSPS) is 19.6. The van der Waals surface area contributed by atoms with Crippen LogP contribution in [-0.4, -0.2) is 101 Å². The van der Waals surface area contributed by atoms with Gasteiger partial charge in [-0.2, -0.15) is 0 Å². The Labute approximate surface area is 509 Å². The summed E-state index contributed by atoms with van der Waals surface area (Å²) in [6.07, 6.45) is 27.8. The number of imide groups is 3. The van der Waals surface area contributed by atoms with Gasteiger partial charge in [-0.05, 0) is 155 Å². The highest BCUT2D eigenvalue weighted by atomic mass is 16.6. The summed E-state index contributed by atoms with van der Waals surface area (Å²) in [7, 11) is 1.53. The summed E-state index contributed by atoms with van der Waals surface area (Å²) in [5, 5.41) is 4.81. The number of amides is 6. The first kappa shape index (κ1) is 59.5. The van der Waals surface area contributed by atoms with Crippen LogP contribution in [0, 0.1) is 0 Å². The Morgan fingerprint density at radius 1 is 0.425 bits per heavy atom. The molecule has 14 rings (SSSR count). The lowest BCUT2D eigenvalue weighted by molar-refractivity contribution is -0.139. The molecule has 5 fully saturated rings. The summed E-state index contributed by atoms with van der Waals surface area (Å²) in [4.78, 5) is 96.1. The number of ether oxygens (including phenoxy) is 4. The smallest absolute Gasteiger partial charge is 0.333 e. The van der Waals surface area contributed by atoms with Gasteiger partial charge in [0.05, 0.1) is 18.6 Å². The van der Waals surface area contributed by atoms with Crippen molar-refractivity contribution in [1.29, 1.82) is 0 Å². The lowest BCUT2D eigenvalue weighted by atomic mass is 9.80. The van der Waals surface area contributed by atoms with Crippen LogP contribution in [0.5, 0.6) is 17.2 Å². The van der Waals surface area contributed by atoms with Gasteiger partial charge in [0.2, 0.25) is 0 Å². The highest BCUT2D eigenvalue weighted by Crippen LogP contribution is 2.45. The lowest BCUT2D eigenvalue weighted by Crippen LogP contribution is -2.47. The fourth-order valence-corrected chi connectivity index (χ4v) is 15.3. The molecule has 0 spiro atoms. The molecular formula is C73H81N3O11. The third kappa shape index (κ3) is 11.7. The minimum absolute atomic E-state index is 0.0373. The summed E-state index contributed by atoms with van der Waals surface area (Å²) in [5.74, 6) is 0.883. The Kier molecular flexibility index (Phi) is 17.9. The molecule has 454 valence electrons. The Morgan fingerprint density at radius 3 is 1.29 bits per heavy atom. The van der Waals surface area contributed by atoms with Gasteiger partial charge in [0.15, 0.2) is 0 Å². The van der Waals surface area contributed by atoms with Gasteiger partial charge in [0, 0.05) is 78.6 Å². The molecule has 3 aliphatic heterocycles. The molecule has 0 saturated heterocycles. The zero-order valence-corrected chi connectivity index (χ0v) is 50.6. The van der Waals surface area contributed by atoms with Crippen molar-refractivity contribution >= 4 is 73.7 Å². The highest BCUT2D eigenvalue weighted by Gasteiger charge is 2.42. The van der Waals surface area contributed by atoms with E-state index in [1.165, 1.54) is 86.7 Å². The van der Waals surface area contributed by atoms with Gasteiger partial charge in [0.1, 0.15) is 30.5 Å². The molecule has 5 saturated carbocycles. The molecule has 5 aliphatic carbocycles. The molecule has 0 bridgehead atoms. The molecule has 6 aromatic rings. The molecular weight excluding hydrogens is 1090 g/mol. The Hall–Kier alpha value is -7.87. The predicted molar refractivity (Wildman–Crippen MR) is 335 cm³/mol. The molecule has 0 aromatic heterocycles. The predicted octanol–water partition coefficient (Wildman–Crippen LogP) is 15.6. The summed E-state index contributed by atoms with van der Waals surface area (Å²) < 4.78 is 22.8. The maximum Gasteiger partial charge on any atom is 0.333 e. The van der Waals surface area contributed by atoms with Crippen LogP contribution < -0.4 is 14.2 Å². The van der Waals surface area contributed by atoms with Gasteiger partial charge in [-0.15, -0.1) is 0 Å². The van der Waals surface area contributed by atoms with E-state index in [2.05, 4.69) is 18.7 Å². The first-order valence-electron chi connectivity index (χ1n) is 32.4. The van der Waals surface area contributed by atoms with E-state index >= 15 is 0 Å². The van der Waals surface area contributed by atoms with E-state index in [1.807, 2.05) is 48.5 Å². The number of esters is 1. The van der Waals surface area contributed by atoms with Gasteiger partial charge in [-0.1, -0.05) is 120 Å². The zero-order chi connectivity index (χ0) is 60.3. The van der Waals surface area contributed by atoms with E-state index < -0.39 is 5.97 Å².